The van der Waals surface area contributed by atoms with E-state index < -0.39 is 0 Å². The van der Waals surface area contributed by atoms with Crippen molar-refractivity contribution < 1.29 is 9.15 Å². The molecule has 1 aliphatic carbocycles. The zero-order valence-corrected chi connectivity index (χ0v) is 12.8. The van der Waals surface area contributed by atoms with E-state index in [0.29, 0.717) is 12.5 Å². The highest BCUT2D eigenvalue weighted by atomic mass is 16.5. The Balaban J connectivity index is 1.64. The normalized spacial score (nSPS) is 17.0. The van der Waals surface area contributed by atoms with Gasteiger partial charge in [-0.3, -0.25) is 0 Å². The number of ether oxygens (including phenoxy) is 1. The van der Waals surface area contributed by atoms with E-state index in [9.17, 15) is 0 Å². The molecule has 1 saturated carbocycles. The van der Waals surface area contributed by atoms with Crippen molar-refractivity contribution in [3.63, 3.8) is 0 Å². The fourth-order valence-electron chi connectivity index (χ4n) is 3.15. The molecule has 6 heteroatoms. The fourth-order valence-corrected chi connectivity index (χ4v) is 3.15. The van der Waals surface area contributed by atoms with E-state index in [1.165, 1.54) is 12.8 Å². The van der Waals surface area contributed by atoms with Gasteiger partial charge in [-0.15, -0.1) is 0 Å². The van der Waals surface area contributed by atoms with Gasteiger partial charge in [-0.1, -0.05) is 0 Å². The van der Waals surface area contributed by atoms with Crippen LogP contribution in [0.15, 0.2) is 29.0 Å². The van der Waals surface area contributed by atoms with Crippen LogP contribution in [0.4, 0.5) is 5.69 Å². The van der Waals surface area contributed by atoms with Crippen LogP contribution in [0.2, 0.25) is 0 Å². The molecule has 1 fully saturated rings. The predicted octanol–water partition coefficient (Wildman–Crippen LogP) is 3.30. The minimum absolute atomic E-state index is 0.557. The summed E-state index contributed by atoms with van der Waals surface area (Å²) in [6, 6.07) is 4.19. The summed E-state index contributed by atoms with van der Waals surface area (Å²) >= 11 is 0. The first kappa shape index (κ1) is 13.0. The highest BCUT2D eigenvalue weighted by Crippen LogP contribution is 2.36. The van der Waals surface area contributed by atoms with E-state index in [1.807, 2.05) is 0 Å². The van der Waals surface area contributed by atoms with Gasteiger partial charge in [0, 0.05) is 24.8 Å². The monoisotopic (exact) mass is 310 g/mol. The molecule has 1 aliphatic heterocycles. The van der Waals surface area contributed by atoms with Crippen molar-refractivity contribution in [3.05, 3.63) is 24.6 Å². The number of nitrogens with one attached hydrogen (secondary N) is 1. The second kappa shape index (κ2) is 5.01. The summed E-state index contributed by atoms with van der Waals surface area (Å²) in [7, 11) is 0. The molecule has 0 amide bonds. The molecule has 0 saturated heterocycles. The number of aromatic nitrogens is 3. The molecule has 0 spiro atoms. The lowest BCUT2D eigenvalue weighted by Gasteiger charge is -2.09. The number of rotatable bonds is 4. The number of oxazole rings is 1. The summed E-state index contributed by atoms with van der Waals surface area (Å²) in [6.45, 7) is 2.60. The maximum atomic E-state index is 5.96. The summed E-state index contributed by atoms with van der Waals surface area (Å²) in [4.78, 5) is 9.02. The van der Waals surface area contributed by atoms with Crippen LogP contribution in [0.1, 0.15) is 19.3 Å². The summed E-state index contributed by atoms with van der Waals surface area (Å²) in [5, 5.41) is 3.51. The number of nitrogens with zero attached hydrogens (tertiary/aromatic N) is 3. The van der Waals surface area contributed by atoms with Gasteiger partial charge in [-0.25, -0.2) is 9.97 Å². The van der Waals surface area contributed by atoms with Gasteiger partial charge in [0.1, 0.15) is 17.5 Å². The van der Waals surface area contributed by atoms with Crippen LogP contribution in [-0.4, -0.2) is 27.7 Å². The van der Waals surface area contributed by atoms with Crippen molar-refractivity contribution in [1.82, 2.24) is 14.5 Å². The standard InChI is InChI=1S/C17H18N4O2/c1-5-21-15-13(20-16(21)17-18-4-7-23-17)8-12(9-14(15)22-6-1)19-10-11-2-3-11/h4,7-9,11,19H,1-3,5-6,10H2. The molecule has 3 aromatic rings. The Morgan fingerprint density at radius 3 is 3.09 bits per heavy atom. The van der Waals surface area contributed by atoms with Crippen LogP contribution in [0.25, 0.3) is 22.7 Å². The maximum absolute atomic E-state index is 5.96. The lowest BCUT2D eigenvalue weighted by atomic mass is 10.2. The van der Waals surface area contributed by atoms with E-state index in [4.69, 9.17) is 14.1 Å². The SMILES string of the molecule is c1coc(-c2nc3cc(NCC4CC4)cc4c3n2CCCO4)n1. The Morgan fingerprint density at radius 1 is 1.30 bits per heavy atom. The molecule has 1 aromatic carbocycles. The highest BCUT2D eigenvalue weighted by Gasteiger charge is 2.23. The van der Waals surface area contributed by atoms with Gasteiger partial charge in [0.15, 0.2) is 5.82 Å². The van der Waals surface area contributed by atoms with Crippen LogP contribution in [0.5, 0.6) is 5.75 Å². The largest absolute Gasteiger partial charge is 0.491 e. The maximum Gasteiger partial charge on any atom is 0.263 e. The molecule has 2 aromatic heterocycles. The first-order chi connectivity index (χ1) is 11.4. The molecular weight excluding hydrogens is 292 g/mol. The third kappa shape index (κ3) is 2.25. The van der Waals surface area contributed by atoms with Gasteiger partial charge in [0.05, 0.1) is 18.3 Å². The first-order valence-corrected chi connectivity index (χ1v) is 8.19. The Kier molecular flexibility index (Phi) is 2.83. The minimum atomic E-state index is 0.557. The number of imidazole rings is 1. The van der Waals surface area contributed by atoms with Crippen molar-refractivity contribution in [2.45, 2.75) is 25.8 Å². The van der Waals surface area contributed by atoms with Crippen molar-refractivity contribution in [2.75, 3.05) is 18.5 Å². The van der Waals surface area contributed by atoms with E-state index in [1.54, 1.807) is 12.5 Å². The van der Waals surface area contributed by atoms with Crippen LogP contribution in [0.3, 0.4) is 0 Å². The van der Waals surface area contributed by atoms with Gasteiger partial charge in [0.2, 0.25) is 0 Å². The molecule has 2 aliphatic rings. The van der Waals surface area contributed by atoms with Crippen LogP contribution < -0.4 is 10.1 Å². The van der Waals surface area contributed by atoms with Crippen molar-refractivity contribution in [1.29, 1.82) is 0 Å². The molecule has 3 heterocycles. The molecule has 0 unspecified atom stereocenters. The number of anilines is 1. The lowest BCUT2D eigenvalue weighted by molar-refractivity contribution is 0.316. The zero-order chi connectivity index (χ0) is 15.2. The number of aryl methyl sites for hydroxylation is 1. The molecule has 0 atom stereocenters. The van der Waals surface area contributed by atoms with E-state index in [-0.39, 0.29) is 0 Å². The summed E-state index contributed by atoms with van der Waals surface area (Å²) in [5.74, 6) is 3.05. The van der Waals surface area contributed by atoms with Crippen molar-refractivity contribution >= 4 is 16.7 Å². The predicted molar refractivity (Wildman–Crippen MR) is 86.6 cm³/mol. The van der Waals surface area contributed by atoms with Gasteiger partial charge in [-0.2, -0.15) is 0 Å². The quantitative estimate of drug-likeness (QED) is 0.801. The van der Waals surface area contributed by atoms with Gasteiger partial charge in [-0.05, 0) is 31.2 Å². The fraction of sp³-hybridized carbons (Fsp3) is 0.412. The number of benzene rings is 1. The average molecular weight is 310 g/mol. The zero-order valence-electron chi connectivity index (χ0n) is 12.8. The summed E-state index contributed by atoms with van der Waals surface area (Å²) < 4.78 is 13.6. The third-order valence-electron chi connectivity index (χ3n) is 4.51. The third-order valence-corrected chi connectivity index (χ3v) is 4.51. The van der Waals surface area contributed by atoms with Crippen molar-refractivity contribution in [2.24, 2.45) is 5.92 Å². The molecule has 23 heavy (non-hydrogen) atoms. The van der Waals surface area contributed by atoms with Crippen LogP contribution >= 0.6 is 0 Å². The minimum Gasteiger partial charge on any atom is -0.491 e. The second-order valence-electron chi connectivity index (χ2n) is 6.29. The van der Waals surface area contributed by atoms with Gasteiger partial charge < -0.3 is 19.0 Å². The van der Waals surface area contributed by atoms with E-state index >= 15 is 0 Å². The number of hydrogen-bond donors (Lipinski definition) is 1. The lowest BCUT2D eigenvalue weighted by Crippen LogP contribution is -2.03. The molecule has 0 radical (unpaired) electrons. The molecule has 6 nitrogen and oxygen atoms in total. The summed E-state index contributed by atoms with van der Waals surface area (Å²) in [5.41, 5.74) is 3.04. The van der Waals surface area contributed by atoms with E-state index in [0.717, 1.165) is 53.7 Å². The second-order valence-corrected chi connectivity index (χ2v) is 6.29. The average Bonchev–Trinajstić information content (AvgIpc) is 3.16. The van der Waals surface area contributed by atoms with Gasteiger partial charge >= 0.3 is 0 Å². The van der Waals surface area contributed by atoms with Gasteiger partial charge in [0.25, 0.3) is 5.89 Å². The van der Waals surface area contributed by atoms with Crippen molar-refractivity contribution in [3.8, 4) is 17.5 Å². The number of hydrogen-bond acceptors (Lipinski definition) is 5. The smallest absolute Gasteiger partial charge is 0.263 e. The van der Waals surface area contributed by atoms with Crippen LogP contribution in [-0.2, 0) is 6.54 Å². The molecule has 1 N–H and O–H groups in total. The Hall–Kier alpha value is -2.50. The first-order valence-electron chi connectivity index (χ1n) is 8.19. The topological polar surface area (TPSA) is 65.1 Å². The highest BCUT2D eigenvalue weighted by molar-refractivity contribution is 5.89. The van der Waals surface area contributed by atoms with Crippen LogP contribution in [0, 0.1) is 5.92 Å². The molecule has 118 valence electrons. The Labute approximate surface area is 133 Å². The molecule has 0 bridgehead atoms. The Morgan fingerprint density at radius 2 is 2.26 bits per heavy atom. The molecular formula is C17H18N4O2. The Bertz CT molecular complexity index is 849. The molecule has 5 rings (SSSR count). The summed E-state index contributed by atoms with van der Waals surface area (Å²) in [6.07, 6.45) is 6.85. The van der Waals surface area contributed by atoms with E-state index in [2.05, 4.69) is 27.0 Å².